The van der Waals surface area contributed by atoms with Crippen molar-refractivity contribution in [1.29, 1.82) is 0 Å². The van der Waals surface area contributed by atoms with Crippen LogP contribution in [-0.2, 0) is 11.3 Å². The van der Waals surface area contributed by atoms with E-state index in [0.717, 1.165) is 17.8 Å². The molecule has 112 valence electrons. The van der Waals surface area contributed by atoms with Crippen molar-refractivity contribution < 1.29 is 4.79 Å². The third kappa shape index (κ3) is 3.66. The Kier molecular flexibility index (Phi) is 5.05. The van der Waals surface area contributed by atoms with Crippen LogP contribution in [0.2, 0.25) is 0 Å². The minimum Gasteiger partial charge on any atom is -0.351 e. The van der Waals surface area contributed by atoms with Crippen LogP contribution in [0.25, 0.3) is 5.82 Å². The standard InChI is InChI=1S/C15H21N5O/c1-3-11(2)13(16)15(21)19-9-12-5-4-6-18-14(12)20-8-7-17-10-20/h4-8,10-11,13H,3,9,16H2,1-2H3,(H,19,21). The minimum absolute atomic E-state index is 0.134. The lowest BCUT2D eigenvalue weighted by Gasteiger charge is -2.18. The van der Waals surface area contributed by atoms with Crippen molar-refractivity contribution in [2.45, 2.75) is 32.9 Å². The van der Waals surface area contributed by atoms with Gasteiger partial charge in [-0.25, -0.2) is 9.97 Å². The smallest absolute Gasteiger partial charge is 0.237 e. The third-order valence-corrected chi connectivity index (χ3v) is 3.63. The lowest BCUT2D eigenvalue weighted by Crippen LogP contribution is -2.44. The van der Waals surface area contributed by atoms with Crippen LogP contribution in [0.4, 0.5) is 0 Å². The van der Waals surface area contributed by atoms with E-state index in [-0.39, 0.29) is 11.8 Å². The molecule has 0 fully saturated rings. The number of hydrogen-bond acceptors (Lipinski definition) is 4. The zero-order chi connectivity index (χ0) is 15.2. The van der Waals surface area contributed by atoms with Crippen LogP contribution in [0.15, 0.2) is 37.1 Å². The van der Waals surface area contributed by atoms with Gasteiger partial charge in [-0.3, -0.25) is 9.36 Å². The Morgan fingerprint density at radius 2 is 2.29 bits per heavy atom. The summed E-state index contributed by atoms with van der Waals surface area (Å²) < 4.78 is 1.82. The highest BCUT2D eigenvalue weighted by Crippen LogP contribution is 2.11. The zero-order valence-electron chi connectivity index (χ0n) is 12.4. The van der Waals surface area contributed by atoms with Crippen molar-refractivity contribution >= 4 is 5.91 Å². The lowest BCUT2D eigenvalue weighted by atomic mass is 9.99. The second-order valence-corrected chi connectivity index (χ2v) is 5.09. The molecule has 2 unspecified atom stereocenters. The van der Waals surface area contributed by atoms with E-state index in [0.29, 0.717) is 6.54 Å². The Balaban J connectivity index is 2.06. The zero-order valence-corrected chi connectivity index (χ0v) is 12.4. The number of nitrogens with zero attached hydrogens (tertiary/aromatic N) is 3. The van der Waals surface area contributed by atoms with Crippen molar-refractivity contribution in [1.82, 2.24) is 19.9 Å². The molecule has 2 aromatic heterocycles. The molecule has 1 amide bonds. The molecule has 0 saturated carbocycles. The number of nitrogens with two attached hydrogens (primary N) is 1. The van der Waals surface area contributed by atoms with E-state index in [1.54, 1.807) is 18.7 Å². The summed E-state index contributed by atoms with van der Waals surface area (Å²) in [6.07, 6.45) is 7.78. The minimum atomic E-state index is -0.483. The van der Waals surface area contributed by atoms with E-state index in [1.165, 1.54) is 0 Å². The number of carbonyl (C=O) groups is 1. The SMILES string of the molecule is CCC(C)C(N)C(=O)NCc1cccnc1-n1ccnc1. The molecule has 2 heterocycles. The van der Waals surface area contributed by atoms with E-state index in [1.807, 2.05) is 36.7 Å². The number of rotatable bonds is 6. The molecule has 2 atom stereocenters. The van der Waals surface area contributed by atoms with Crippen molar-refractivity contribution in [3.05, 3.63) is 42.6 Å². The summed E-state index contributed by atoms with van der Waals surface area (Å²) in [5, 5.41) is 2.88. The second kappa shape index (κ2) is 6.99. The third-order valence-electron chi connectivity index (χ3n) is 3.63. The number of nitrogens with one attached hydrogen (secondary N) is 1. The van der Waals surface area contributed by atoms with Crippen LogP contribution in [0.5, 0.6) is 0 Å². The molecule has 2 rings (SSSR count). The highest BCUT2D eigenvalue weighted by molar-refractivity contribution is 5.81. The van der Waals surface area contributed by atoms with Crippen LogP contribution in [0.1, 0.15) is 25.8 Å². The molecule has 0 aliphatic rings. The molecule has 6 nitrogen and oxygen atoms in total. The maximum atomic E-state index is 12.0. The Bertz CT molecular complexity index is 582. The van der Waals surface area contributed by atoms with Crippen LogP contribution < -0.4 is 11.1 Å². The van der Waals surface area contributed by atoms with Gasteiger partial charge in [0.05, 0.1) is 6.04 Å². The first-order valence-corrected chi connectivity index (χ1v) is 7.09. The molecule has 0 spiro atoms. The number of pyridine rings is 1. The quantitative estimate of drug-likeness (QED) is 0.837. The van der Waals surface area contributed by atoms with Gasteiger partial charge >= 0.3 is 0 Å². The van der Waals surface area contributed by atoms with Gasteiger partial charge in [0.1, 0.15) is 12.1 Å². The van der Waals surface area contributed by atoms with Gasteiger partial charge in [-0.2, -0.15) is 0 Å². The average molecular weight is 287 g/mol. The van der Waals surface area contributed by atoms with Crippen LogP contribution >= 0.6 is 0 Å². The fraction of sp³-hybridized carbons (Fsp3) is 0.400. The molecule has 0 aliphatic carbocycles. The predicted molar refractivity (Wildman–Crippen MR) is 80.6 cm³/mol. The molecule has 2 aromatic rings. The predicted octanol–water partition coefficient (Wildman–Crippen LogP) is 1.26. The molecule has 0 radical (unpaired) electrons. The van der Waals surface area contributed by atoms with Crippen LogP contribution in [0, 0.1) is 5.92 Å². The summed E-state index contributed by atoms with van der Waals surface area (Å²) in [7, 11) is 0. The topological polar surface area (TPSA) is 85.8 Å². The summed E-state index contributed by atoms with van der Waals surface area (Å²) in [6.45, 7) is 4.39. The number of amides is 1. The molecule has 0 aromatic carbocycles. The molecule has 0 saturated heterocycles. The van der Waals surface area contributed by atoms with Gasteiger partial charge in [-0.1, -0.05) is 26.3 Å². The lowest BCUT2D eigenvalue weighted by molar-refractivity contribution is -0.123. The van der Waals surface area contributed by atoms with E-state index in [4.69, 9.17) is 5.73 Å². The Morgan fingerprint density at radius 3 is 2.95 bits per heavy atom. The van der Waals surface area contributed by atoms with Gasteiger partial charge in [-0.05, 0) is 12.0 Å². The first kappa shape index (κ1) is 15.2. The molecule has 3 N–H and O–H groups in total. The Hall–Kier alpha value is -2.21. The summed E-state index contributed by atoms with van der Waals surface area (Å²) in [4.78, 5) is 20.4. The van der Waals surface area contributed by atoms with Crippen molar-refractivity contribution in [2.24, 2.45) is 11.7 Å². The van der Waals surface area contributed by atoms with Crippen molar-refractivity contribution in [3.8, 4) is 5.82 Å². The maximum Gasteiger partial charge on any atom is 0.237 e. The van der Waals surface area contributed by atoms with Gasteiger partial charge in [0, 0.05) is 30.7 Å². The fourth-order valence-electron chi connectivity index (χ4n) is 2.00. The van der Waals surface area contributed by atoms with Gasteiger partial charge in [-0.15, -0.1) is 0 Å². The van der Waals surface area contributed by atoms with E-state index in [9.17, 15) is 4.79 Å². The summed E-state index contributed by atoms with van der Waals surface area (Å²) in [5.74, 6) is 0.782. The van der Waals surface area contributed by atoms with Crippen LogP contribution in [0.3, 0.4) is 0 Å². The summed E-state index contributed by atoms with van der Waals surface area (Å²) in [5.41, 5.74) is 6.84. The molecule has 0 bridgehead atoms. The molecular weight excluding hydrogens is 266 g/mol. The van der Waals surface area contributed by atoms with Crippen LogP contribution in [-0.4, -0.2) is 26.5 Å². The molecular formula is C15H21N5O. The number of imidazole rings is 1. The van der Waals surface area contributed by atoms with Gasteiger partial charge < -0.3 is 11.1 Å². The number of carbonyl (C=O) groups excluding carboxylic acids is 1. The molecule has 21 heavy (non-hydrogen) atoms. The number of aromatic nitrogens is 3. The summed E-state index contributed by atoms with van der Waals surface area (Å²) >= 11 is 0. The Labute approximate surface area is 124 Å². The first-order valence-electron chi connectivity index (χ1n) is 7.09. The highest BCUT2D eigenvalue weighted by Gasteiger charge is 2.19. The molecule has 6 heteroatoms. The van der Waals surface area contributed by atoms with Gasteiger partial charge in [0.25, 0.3) is 0 Å². The average Bonchev–Trinajstić information content (AvgIpc) is 3.05. The van der Waals surface area contributed by atoms with Gasteiger partial charge in [0.2, 0.25) is 5.91 Å². The summed E-state index contributed by atoms with van der Waals surface area (Å²) in [6, 6.07) is 3.29. The largest absolute Gasteiger partial charge is 0.351 e. The normalized spacial score (nSPS) is 13.7. The molecule has 0 aliphatic heterocycles. The van der Waals surface area contributed by atoms with E-state index < -0.39 is 6.04 Å². The van der Waals surface area contributed by atoms with Crippen molar-refractivity contribution in [3.63, 3.8) is 0 Å². The highest BCUT2D eigenvalue weighted by atomic mass is 16.2. The van der Waals surface area contributed by atoms with E-state index in [2.05, 4.69) is 15.3 Å². The second-order valence-electron chi connectivity index (χ2n) is 5.09. The van der Waals surface area contributed by atoms with E-state index >= 15 is 0 Å². The maximum absolute atomic E-state index is 12.0. The Morgan fingerprint density at radius 1 is 1.48 bits per heavy atom. The van der Waals surface area contributed by atoms with Gasteiger partial charge in [0.15, 0.2) is 0 Å². The number of hydrogen-bond donors (Lipinski definition) is 2. The monoisotopic (exact) mass is 287 g/mol. The first-order chi connectivity index (χ1) is 10.1. The fourth-order valence-corrected chi connectivity index (χ4v) is 2.00. The van der Waals surface area contributed by atoms with Crippen molar-refractivity contribution in [2.75, 3.05) is 0 Å².